The highest BCUT2D eigenvalue weighted by atomic mass is 35.5. The fraction of sp³-hybridized carbons (Fsp3) is 0.355. The van der Waals surface area contributed by atoms with Crippen LogP contribution in [0.2, 0.25) is 10.0 Å². The van der Waals surface area contributed by atoms with Crippen molar-refractivity contribution in [3.8, 4) is 0 Å². The first-order chi connectivity index (χ1) is 19.1. The van der Waals surface area contributed by atoms with Crippen molar-refractivity contribution >= 4 is 50.7 Å². The minimum atomic E-state index is -4.20. The first-order valence-electron chi connectivity index (χ1n) is 13.3. The highest BCUT2D eigenvalue weighted by Gasteiger charge is 2.35. The zero-order chi connectivity index (χ0) is 30.5. The molecule has 0 unspecified atom stereocenters. The molecular weight excluding hydrogens is 581 g/mol. The molecule has 0 aliphatic rings. The number of hydrogen-bond donors (Lipinski definition) is 1. The molecule has 7 nitrogen and oxygen atoms in total. The average molecular weight is 619 g/mol. The lowest BCUT2D eigenvalue weighted by Crippen LogP contribution is -2.55. The Bertz CT molecular complexity index is 1500. The standard InChI is InChI=1S/C31H37Cl2N3O4S/c1-7-27(30(38)34-31(4,5)6)35(19-23-10-8-9-11-26(23)33)29(37)20-36(28-18-24(32)15-14-22(28)3)41(39,40)25-16-12-21(2)13-17-25/h8-18,27H,7,19-20H2,1-6H3,(H,34,38)/t27-/m0/s1. The van der Waals surface area contributed by atoms with Crippen LogP contribution in [-0.4, -0.2) is 43.3 Å². The van der Waals surface area contributed by atoms with Crippen LogP contribution in [0.3, 0.4) is 0 Å². The Balaban J connectivity index is 2.13. The smallest absolute Gasteiger partial charge is 0.264 e. The quantitative estimate of drug-likeness (QED) is 0.280. The number of sulfonamides is 1. The van der Waals surface area contributed by atoms with Crippen LogP contribution in [0.5, 0.6) is 0 Å². The Kier molecular flexibility index (Phi) is 10.5. The Hall–Kier alpha value is -3.07. The van der Waals surface area contributed by atoms with Gasteiger partial charge < -0.3 is 10.2 Å². The van der Waals surface area contributed by atoms with Gasteiger partial charge in [-0.2, -0.15) is 0 Å². The fourth-order valence-electron chi connectivity index (χ4n) is 4.38. The highest BCUT2D eigenvalue weighted by molar-refractivity contribution is 7.92. The molecule has 0 saturated heterocycles. The Morgan fingerprint density at radius 3 is 2.17 bits per heavy atom. The molecule has 1 atom stereocenters. The molecule has 0 aliphatic heterocycles. The van der Waals surface area contributed by atoms with Gasteiger partial charge in [0.15, 0.2) is 0 Å². The molecule has 0 bridgehead atoms. The van der Waals surface area contributed by atoms with Gasteiger partial charge in [0, 0.05) is 22.1 Å². The van der Waals surface area contributed by atoms with Crippen LogP contribution in [0.4, 0.5) is 5.69 Å². The van der Waals surface area contributed by atoms with Gasteiger partial charge in [-0.25, -0.2) is 8.42 Å². The maximum atomic E-state index is 14.2. The molecule has 3 rings (SSSR count). The number of aryl methyl sites for hydroxylation is 2. The summed E-state index contributed by atoms with van der Waals surface area (Å²) in [5, 5.41) is 3.72. The van der Waals surface area contributed by atoms with E-state index >= 15 is 0 Å². The Morgan fingerprint density at radius 1 is 0.951 bits per heavy atom. The first-order valence-corrected chi connectivity index (χ1v) is 15.5. The van der Waals surface area contributed by atoms with Crippen LogP contribution in [-0.2, 0) is 26.2 Å². The van der Waals surface area contributed by atoms with Crippen molar-refractivity contribution in [3.63, 3.8) is 0 Å². The molecule has 1 N–H and O–H groups in total. The summed E-state index contributed by atoms with van der Waals surface area (Å²) in [5.74, 6) is -0.900. The summed E-state index contributed by atoms with van der Waals surface area (Å²) >= 11 is 12.7. The third-order valence-corrected chi connectivity index (χ3v) is 8.89. The average Bonchev–Trinajstić information content (AvgIpc) is 2.88. The number of benzene rings is 3. The number of amides is 2. The van der Waals surface area contributed by atoms with Crippen molar-refractivity contribution in [3.05, 3.63) is 93.5 Å². The molecule has 0 saturated carbocycles. The number of rotatable bonds is 10. The second kappa shape index (κ2) is 13.3. The monoisotopic (exact) mass is 617 g/mol. The molecule has 3 aromatic rings. The molecule has 0 radical (unpaired) electrons. The second-order valence-corrected chi connectivity index (χ2v) is 13.7. The maximum absolute atomic E-state index is 14.2. The van der Waals surface area contributed by atoms with E-state index in [0.29, 0.717) is 27.6 Å². The van der Waals surface area contributed by atoms with E-state index in [2.05, 4.69) is 5.32 Å². The second-order valence-electron chi connectivity index (χ2n) is 11.0. The molecule has 0 aromatic heterocycles. The largest absolute Gasteiger partial charge is 0.350 e. The van der Waals surface area contributed by atoms with Gasteiger partial charge in [-0.05, 0) is 82.5 Å². The summed E-state index contributed by atoms with van der Waals surface area (Å²) in [5.41, 5.74) is 1.88. The van der Waals surface area contributed by atoms with Crippen molar-refractivity contribution in [1.29, 1.82) is 0 Å². The fourth-order valence-corrected chi connectivity index (χ4v) is 6.22. The van der Waals surface area contributed by atoms with Crippen molar-refractivity contribution in [2.45, 2.75) is 71.0 Å². The summed E-state index contributed by atoms with van der Waals surface area (Å²) in [6.07, 6.45) is 0.305. The molecule has 0 fully saturated rings. The van der Waals surface area contributed by atoms with E-state index in [1.165, 1.54) is 23.1 Å². The number of carbonyl (C=O) groups excluding carboxylic acids is 2. The van der Waals surface area contributed by atoms with Crippen LogP contribution in [0.1, 0.15) is 50.8 Å². The van der Waals surface area contributed by atoms with E-state index in [9.17, 15) is 18.0 Å². The minimum absolute atomic E-state index is 0.0154. The Labute approximate surface area is 253 Å². The van der Waals surface area contributed by atoms with Crippen LogP contribution in [0.15, 0.2) is 71.6 Å². The molecule has 41 heavy (non-hydrogen) atoms. The topological polar surface area (TPSA) is 86.8 Å². The van der Waals surface area contributed by atoms with Crippen LogP contribution in [0, 0.1) is 13.8 Å². The maximum Gasteiger partial charge on any atom is 0.264 e. The van der Waals surface area contributed by atoms with Gasteiger partial charge >= 0.3 is 0 Å². The number of carbonyl (C=O) groups is 2. The molecule has 3 aromatic carbocycles. The van der Waals surface area contributed by atoms with Gasteiger partial charge in [0.25, 0.3) is 10.0 Å². The molecule has 220 valence electrons. The zero-order valence-electron chi connectivity index (χ0n) is 24.2. The van der Waals surface area contributed by atoms with E-state index in [1.54, 1.807) is 55.5 Å². The van der Waals surface area contributed by atoms with Crippen molar-refractivity contribution in [1.82, 2.24) is 10.2 Å². The van der Waals surface area contributed by atoms with Gasteiger partial charge in [-0.1, -0.05) is 72.1 Å². The third kappa shape index (κ3) is 8.24. The van der Waals surface area contributed by atoms with Gasteiger partial charge in [0.2, 0.25) is 11.8 Å². The molecule has 0 heterocycles. The zero-order valence-corrected chi connectivity index (χ0v) is 26.6. The van der Waals surface area contributed by atoms with Crippen molar-refractivity contribution in [2.75, 3.05) is 10.8 Å². The van der Waals surface area contributed by atoms with Gasteiger partial charge in [-0.3, -0.25) is 13.9 Å². The number of anilines is 1. The van der Waals surface area contributed by atoms with Crippen LogP contribution < -0.4 is 9.62 Å². The first kappa shape index (κ1) is 32.4. The third-order valence-electron chi connectivity index (χ3n) is 6.51. The van der Waals surface area contributed by atoms with E-state index in [-0.39, 0.29) is 23.0 Å². The highest BCUT2D eigenvalue weighted by Crippen LogP contribution is 2.30. The lowest BCUT2D eigenvalue weighted by Gasteiger charge is -2.35. The van der Waals surface area contributed by atoms with Crippen molar-refractivity contribution in [2.24, 2.45) is 0 Å². The van der Waals surface area contributed by atoms with Gasteiger partial charge in [-0.15, -0.1) is 0 Å². The predicted molar refractivity (Wildman–Crippen MR) is 166 cm³/mol. The van der Waals surface area contributed by atoms with Gasteiger partial charge in [0.1, 0.15) is 12.6 Å². The van der Waals surface area contributed by atoms with E-state index in [0.717, 1.165) is 9.87 Å². The number of hydrogen-bond acceptors (Lipinski definition) is 4. The number of halogens is 2. The lowest BCUT2D eigenvalue weighted by molar-refractivity contribution is -0.141. The summed E-state index contributed by atoms with van der Waals surface area (Å²) < 4.78 is 29.2. The van der Waals surface area contributed by atoms with E-state index in [1.807, 2.05) is 34.6 Å². The summed E-state index contributed by atoms with van der Waals surface area (Å²) in [7, 11) is -4.20. The van der Waals surface area contributed by atoms with E-state index < -0.39 is 34.1 Å². The normalized spacial score (nSPS) is 12.5. The van der Waals surface area contributed by atoms with Crippen LogP contribution >= 0.6 is 23.2 Å². The van der Waals surface area contributed by atoms with Gasteiger partial charge in [0.05, 0.1) is 10.6 Å². The number of nitrogens with one attached hydrogen (secondary N) is 1. The molecule has 2 amide bonds. The molecule has 0 spiro atoms. The predicted octanol–water partition coefficient (Wildman–Crippen LogP) is 6.53. The Morgan fingerprint density at radius 2 is 1.59 bits per heavy atom. The SMILES string of the molecule is CC[C@@H](C(=O)NC(C)(C)C)N(Cc1ccccc1Cl)C(=O)CN(c1cc(Cl)ccc1C)S(=O)(=O)c1ccc(C)cc1. The summed E-state index contributed by atoms with van der Waals surface area (Å²) in [4.78, 5) is 29.1. The number of nitrogens with zero attached hydrogens (tertiary/aromatic N) is 2. The summed E-state index contributed by atoms with van der Waals surface area (Å²) in [6, 6.07) is 17.5. The summed E-state index contributed by atoms with van der Waals surface area (Å²) in [6.45, 7) is 10.4. The van der Waals surface area contributed by atoms with Crippen LogP contribution in [0.25, 0.3) is 0 Å². The molecule has 10 heteroatoms. The van der Waals surface area contributed by atoms with Crippen molar-refractivity contribution < 1.29 is 18.0 Å². The van der Waals surface area contributed by atoms with E-state index in [4.69, 9.17) is 23.2 Å². The minimum Gasteiger partial charge on any atom is -0.350 e. The molecule has 0 aliphatic carbocycles. The lowest BCUT2D eigenvalue weighted by atomic mass is 10.1. The molecular formula is C31H37Cl2N3O4S.